The maximum Gasteiger partial charge on any atom is 0.242 e. The normalized spacial score (nSPS) is 19.7. The van der Waals surface area contributed by atoms with Crippen LogP contribution in [0.2, 0.25) is 0 Å². The van der Waals surface area contributed by atoms with Crippen LogP contribution in [0.3, 0.4) is 0 Å². The molecular formula is C21H28N2O3S. The number of hydrogen-bond donors (Lipinski definition) is 0. The average Bonchev–Trinajstić information content (AvgIpc) is 3.00. The van der Waals surface area contributed by atoms with Crippen LogP contribution in [0.5, 0.6) is 0 Å². The Morgan fingerprint density at radius 2 is 1.89 bits per heavy atom. The molecule has 5 nitrogen and oxygen atoms in total. The summed E-state index contributed by atoms with van der Waals surface area (Å²) in [7, 11) is -1.12. The van der Waals surface area contributed by atoms with Crippen LogP contribution in [0.4, 0.5) is 5.69 Å². The lowest BCUT2D eigenvalue weighted by Crippen LogP contribution is -2.50. The molecule has 0 aromatic heterocycles. The van der Waals surface area contributed by atoms with Crippen LogP contribution < -0.4 is 4.90 Å². The van der Waals surface area contributed by atoms with Gasteiger partial charge in [-0.05, 0) is 42.7 Å². The molecule has 2 atom stereocenters. The molecule has 27 heavy (non-hydrogen) atoms. The molecule has 1 saturated heterocycles. The predicted molar refractivity (Wildman–Crippen MR) is 111 cm³/mol. The molecule has 6 heteroatoms. The van der Waals surface area contributed by atoms with Gasteiger partial charge in [-0.2, -0.15) is 0 Å². The third-order valence-electron chi connectivity index (χ3n) is 5.50. The summed E-state index contributed by atoms with van der Waals surface area (Å²) in [6.07, 6.45) is 1.35. The maximum absolute atomic E-state index is 13.1. The van der Waals surface area contributed by atoms with Gasteiger partial charge >= 0.3 is 0 Å². The van der Waals surface area contributed by atoms with Gasteiger partial charge in [-0.25, -0.2) is 8.42 Å². The number of likely N-dealkylation sites (N-methyl/N-ethyl adjacent to an activating group) is 1. The first-order valence-corrected chi connectivity index (χ1v) is 11.3. The van der Waals surface area contributed by atoms with Crippen molar-refractivity contribution in [1.29, 1.82) is 0 Å². The number of fused-ring (bicyclic) bond motifs is 1. The first-order chi connectivity index (χ1) is 12.8. The zero-order chi connectivity index (χ0) is 19.6. The Morgan fingerprint density at radius 3 is 2.52 bits per heavy atom. The summed E-state index contributed by atoms with van der Waals surface area (Å²) in [5.74, 6) is 0.253. The second-order valence-corrected chi connectivity index (χ2v) is 9.73. The fraction of sp³-hybridized carbons (Fsp3) is 0.476. The van der Waals surface area contributed by atoms with E-state index in [1.54, 1.807) is 0 Å². The highest BCUT2D eigenvalue weighted by Gasteiger charge is 2.36. The number of sulfone groups is 1. The molecule has 1 aliphatic rings. The van der Waals surface area contributed by atoms with Crippen molar-refractivity contribution in [1.82, 2.24) is 4.90 Å². The van der Waals surface area contributed by atoms with Crippen molar-refractivity contribution >= 4 is 32.2 Å². The second kappa shape index (κ2) is 7.89. The Hall–Kier alpha value is -2.08. The number of benzene rings is 2. The van der Waals surface area contributed by atoms with Gasteiger partial charge in [0.15, 0.2) is 9.84 Å². The molecule has 146 valence electrons. The molecule has 0 bridgehead atoms. The number of carbonyl (C=O) groups is 1. The van der Waals surface area contributed by atoms with E-state index in [-0.39, 0.29) is 36.0 Å². The zero-order valence-electron chi connectivity index (χ0n) is 16.3. The fourth-order valence-corrected chi connectivity index (χ4v) is 5.50. The van der Waals surface area contributed by atoms with Crippen molar-refractivity contribution in [2.24, 2.45) is 0 Å². The first kappa shape index (κ1) is 19.7. The Balaban J connectivity index is 1.77. The van der Waals surface area contributed by atoms with Crippen molar-refractivity contribution in [2.75, 3.05) is 30.0 Å². The highest BCUT2D eigenvalue weighted by Crippen LogP contribution is 2.24. The third kappa shape index (κ3) is 4.43. The minimum absolute atomic E-state index is 0.0119. The molecule has 0 saturated carbocycles. The lowest BCUT2D eigenvalue weighted by Gasteiger charge is -2.35. The van der Waals surface area contributed by atoms with E-state index in [0.29, 0.717) is 6.42 Å². The smallest absolute Gasteiger partial charge is 0.242 e. The van der Waals surface area contributed by atoms with E-state index in [2.05, 4.69) is 24.3 Å². The number of rotatable bonds is 6. The number of hydrogen-bond acceptors (Lipinski definition) is 4. The Bertz CT molecular complexity index is 926. The van der Waals surface area contributed by atoms with Gasteiger partial charge in [0.1, 0.15) is 0 Å². The number of carbonyl (C=O) groups excluding carboxylic acids is 1. The van der Waals surface area contributed by atoms with Gasteiger partial charge in [-0.15, -0.1) is 0 Å². The lowest BCUT2D eigenvalue weighted by atomic mass is 10.1. The Kier molecular flexibility index (Phi) is 5.75. The van der Waals surface area contributed by atoms with E-state index in [1.807, 2.05) is 48.9 Å². The molecule has 1 heterocycles. The SMILES string of the molecule is CC[C@H](C)N(C(=O)CN(C)c1ccc2ccccc2c1)[C@H]1CCS(=O)(=O)C1. The van der Waals surface area contributed by atoms with Gasteiger partial charge in [-0.1, -0.05) is 37.3 Å². The largest absolute Gasteiger partial charge is 0.365 e. The quantitative estimate of drug-likeness (QED) is 0.763. The van der Waals surface area contributed by atoms with Crippen molar-refractivity contribution in [2.45, 2.75) is 38.8 Å². The minimum Gasteiger partial charge on any atom is -0.365 e. The summed E-state index contributed by atoms with van der Waals surface area (Å²) in [4.78, 5) is 16.8. The molecule has 1 aliphatic heterocycles. The summed E-state index contributed by atoms with van der Waals surface area (Å²) in [5.41, 5.74) is 0.977. The van der Waals surface area contributed by atoms with E-state index in [4.69, 9.17) is 0 Å². The van der Waals surface area contributed by atoms with Crippen molar-refractivity contribution in [3.63, 3.8) is 0 Å². The van der Waals surface area contributed by atoms with Crippen LogP contribution in [0, 0.1) is 0 Å². The number of nitrogens with zero attached hydrogens (tertiary/aromatic N) is 2. The molecule has 0 spiro atoms. The highest BCUT2D eigenvalue weighted by atomic mass is 32.2. The van der Waals surface area contributed by atoms with Crippen LogP contribution in [-0.2, 0) is 14.6 Å². The van der Waals surface area contributed by atoms with Gasteiger partial charge in [-0.3, -0.25) is 4.79 Å². The molecule has 1 amide bonds. The van der Waals surface area contributed by atoms with Crippen LogP contribution in [0.25, 0.3) is 10.8 Å². The van der Waals surface area contributed by atoms with E-state index in [9.17, 15) is 13.2 Å². The van der Waals surface area contributed by atoms with Gasteiger partial charge in [0.25, 0.3) is 0 Å². The van der Waals surface area contributed by atoms with Crippen LogP contribution in [-0.4, -0.2) is 56.4 Å². The molecule has 0 radical (unpaired) electrons. The summed E-state index contributed by atoms with van der Waals surface area (Å²) < 4.78 is 23.8. The molecular weight excluding hydrogens is 360 g/mol. The van der Waals surface area contributed by atoms with Crippen LogP contribution in [0.15, 0.2) is 42.5 Å². The number of amides is 1. The average molecular weight is 389 g/mol. The Morgan fingerprint density at radius 1 is 1.19 bits per heavy atom. The summed E-state index contributed by atoms with van der Waals surface area (Å²) in [6, 6.07) is 14.1. The van der Waals surface area contributed by atoms with E-state index >= 15 is 0 Å². The van der Waals surface area contributed by atoms with E-state index in [1.165, 1.54) is 5.39 Å². The maximum atomic E-state index is 13.1. The van der Waals surface area contributed by atoms with Gasteiger partial charge < -0.3 is 9.80 Å². The van der Waals surface area contributed by atoms with Gasteiger partial charge in [0.05, 0.1) is 18.1 Å². The summed E-state index contributed by atoms with van der Waals surface area (Å²) in [5, 5.41) is 2.30. The molecule has 2 aromatic rings. The second-order valence-electron chi connectivity index (χ2n) is 7.50. The fourth-order valence-electron chi connectivity index (χ4n) is 3.79. The molecule has 3 rings (SSSR count). The zero-order valence-corrected chi connectivity index (χ0v) is 17.1. The molecule has 0 N–H and O–H groups in total. The lowest BCUT2D eigenvalue weighted by molar-refractivity contribution is -0.133. The predicted octanol–water partition coefficient (Wildman–Crippen LogP) is 3.09. The highest BCUT2D eigenvalue weighted by molar-refractivity contribution is 7.91. The Labute approximate surface area is 161 Å². The first-order valence-electron chi connectivity index (χ1n) is 9.52. The van der Waals surface area contributed by atoms with Crippen molar-refractivity contribution in [3.05, 3.63) is 42.5 Å². The molecule has 0 unspecified atom stereocenters. The summed E-state index contributed by atoms with van der Waals surface area (Å²) in [6.45, 7) is 4.26. The molecule has 0 aliphatic carbocycles. The van der Waals surface area contributed by atoms with E-state index < -0.39 is 9.84 Å². The monoisotopic (exact) mass is 388 g/mol. The minimum atomic E-state index is -3.03. The number of anilines is 1. The van der Waals surface area contributed by atoms with Crippen LogP contribution >= 0.6 is 0 Å². The third-order valence-corrected chi connectivity index (χ3v) is 7.25. The van der Waals surface area contributed by atoms with Gasteiger partial charge in [0, 0.05) is 24.8 Å². The van der Waals surface area contributed by atoms with Crippen molar-refractivity contribution in [3.8, 4) is 0 Å². The van der Waals surface area contributed by atoms with E-state index in [0.717, 1.165) is 17.5 Å². The standard InChI is InChI=1S/C21H28N2O3S/c1-4-16(2)23(20-11-12-27(25,26)15-20)21(24)14-22(3)19-10-9-17-7-5-6-8-18(17)13-19/h5-10,13,16,20H,4,11-12,14-15H2,1-3H3/t16-,20-/m0/s1. The molecule has 1 fully saturated rings. The van der Waals surface area contributed by atoms with Gasteiger partial charge in [0.2, 0.25) is 5.91 Å². The topological polar surface area (TPSA) is 57.7 Å². The molecule has 2 aromatic carbocycles. The van der Waals surface area contributed by atoms with Crippen LogP contribution in [0.1, 0.15) is 26.7 Å². The summed E-state index contributed by atoms with van der Waals surface area (Å²) >= 11 is 0. The van der Waals surface area contributed by atoms with Crippen molar-refractivity contribution < 1.29 is 13.2 Å².